The summed E-state index contributed by atoms with van der Waals surface area (Å²) < 4.78 is 0.725. The molecule has 0 unspecified atom stereocenters. The number of halogens is 2. The molecule has 3 heteroatoms. The molecule has 0 aliphatic rings. The number of carbonyl (C=O) groups excluding carboxylic acids is 1. The van der Waals surface area contributed by atoms with Crippen LogP contribution in [0.2, 0.25) is 5.02 Å². The molecular weight excluding hydrogens is 324 g/mol. The molecule has 0 radical (unpaired) electrons. The molecule has 0 heterocycles. The summed E-state index contributed by atoms with van der Waals surface area (Å²) in [5.74, 6) is 0.0177. The molecule has 0 fully saturated rings. The van der Waals surface area contributed by atoms with Gasteiger partial charge < -0.3 is 0 Å². The number of hydrogen-bond donors (Lipinski definition) is 0. The lowest BCUT2D eigenvalue weighted by Gasteiger charge is -2.10. The van der Waals surface area contributed by atoms with Crippen LogP contribution in [0, 0.1) is 20.8 Å². The summed E-state index contributed by atoms with van der Waals surface area (Å²) in [5, 5.41) is 0.611. The number of rotatable bonds is 2. The van der Waals surface area contributed by atoms with Crippen LogP contribution >= 0.6 is 27.5 Å². The molecule has 0 spiro atoms. The topological polar surface area (TPSA) is 17.1 Å². The SMILES string of the molecule is Cc1cc(C)c(C(=O)c2ccc(Cl)cc2Br)cc1C. The van der Waals surface area contributed by atoms with Gasteiger partial charge in [0.1, 0.15) is 0 Å². The van der Waals surface area contributed by atoms with Crippen molar-refractivity contribution in [1.82, 2.24) is 0 Å². The Kier molecular flexibility index (Phi) is 4.12. The quantitative estimate of drug-likeness (QED) is 0.683. The molecule has 0 aromatic heterocycles. The van der Waals surface area contributed by atoms with Crippen molar-refractivity contribution in [3.8, 4) is 0 Å². The average Bonchev–Trinajstić information content (AvgIpc) is 2.33. The van der Waals surface area contributed by atoms with E-state index in [1.807, 2.05) is 26.0 Å². The normalized spacial score (nSPS) is 10.6. The van der Waals surface area contributed by atoms with Crippen molar-refractivity contribution in [1.29, 1.82) is 0 Å². The number of aryl methyl sites for hydroxylation is 3. The van der Waals surface area contributed by atoms with Crippen LogP contribution in [0.3, 0.4) is 0 Å². The standard InChI is InChI=1S/C16H14BrClO/c1-9-6-11(3)14(7-10(9)2)16(19)13-5-4-12(18)8-15(13)17/h4-8H,1-3H3. The van der Waals surface area contributed by atoms with E-state index >= 15 is 0 Å². The van der Waals surface area contributed by atoms with E-state index in [0.29, 0.717) is 10.6 Å². The number of ketones is 1. The summed E-state index contributed by atoms with van der Waals surface area (Å²) in [4.78, 5) is 12.6. The third-order valence-electron chi connectivity index (χ3n) is 3.26. The minimum Gasteiger partial charge on any atom is -0.289 e. The zero-order valence-electron chi connectivity index (χ0n) is 11.1. The van der Waals surface area contributed by atoms with Gasteiger partial charge in [-0.2, -0.15) is 0 Å². The predicted octanol–water partition coefficient (Wildman–Crippen LogP) is 5.26. The lowest BCUT2D eigenvalue weighted by Crippen LogP contribution is -2.06. The van der Waals surface area contributed by atoms with Crippen LogP contribution in [0.15, 0.2) is 34.8 Å². The first kappa shape index (κ1) is 14.3. The van der Waals surface area contributed by atoms with Gasteiger partial charge in [0.05, 0.1) is 0 Å². The summed E-state index contributed by atoms with van der Waals surface area (Å²) in [6.07, 6.45) is 0. The third-order valence-corrected chi connectivity index (χ3v) is 4.15. The largest absolute Gasteiger partial charge is 0.289 e. The Morgan fingerprint density at radius 1 is 0.947 bits per heavy atom. The number of benzene rings is 2. The van der Waals surface area contributed by atoms with Gasteiger partial charge in [0, 0.05) is 20.6 Å². The summed E-state index contributed by atoms with van der Waals surface area (Å²) in [5.41, 5.74) is 4.69. The second-order valence-electron chi connectivity index (χ2n) is 4.70. The van der Waals surface area contributed by atoms with Crippen molar-refractivity contribution in [3.63, 3.8) is 0 Å². The Balaban J connectivity index is 2.53. The third kappa shape index (κ3) is 2.90. The van der Waals surface area contributed by atoms with E-state index in [4.69, 9.17) is 11.6 Å². The molecule has 19 heavy (non-hydrogen) atoms. The van der Waals surface area contributed by atoms with Crippen molar-refractivity contribution in [3.05, 3.63) is 67.6 Å². The first-order valence-electron chi connectivity index (χ1n) is 5.97. The van der Waals surface area contributed by atoms with Crippen molar-refractivity contribution >= 4 is 33.3 Å². The second kappa shape index (κ2) is 5.48. The Labute approximate surface area is 126 Å². The molecular formula is C16H14BrClO. The van der Waals surface area contributed by atoms with Crippen LogP contribution < -0.4 is 0 Å². The zero-order chi connectivity index (χ0) is 14.2. The van der Waals surface area contributed by atoms with E-state index in [-0.39, 0.29) is 5.78 Å². The maximum Gasteiger partial charge on any atom is 0.194 e. The second-order valence-corrected chi connectivity index (χ2v) is 6.00. The highest BCUT2D eigenvalue weighted by molar-refractivity contribution is 9.10. The van der Waals surface area contributed by atoms with E-state index in [2.05, 4.69) is 22.9 Å². The first-order chi connectivity index (χ1) is 8.90. The summed E-state index contributed by atoms with van der Waals surface area (Å²) in [7, 11) is 0. The van der Waals surface area contributed by atoms with Crippen molar-refractivity contribution in [2.24, 2.45) is 0 Å². The van der Waals surface area contributed by atoms with Gasteiger partial charge >= 0.3 is 0 Å². The Morgan fingerprint density at radius 2 is 1.58 bits per heavy atom. The Hall–Kier alpha value is -1.12. The molecule has 2 rings (SSSR count). The molecule has 0 amide bonds. The maximum atomic E-state index is 12.6. The minimum atomic E-state index is 0.0177. The van der Waals surface area contributed by atoms with Crippen LogP contribution in [-0.4, -0.2) is 5.78 Å². The van der Waals surface area contributed by atoms with Crippen molar-refractivity contribution in [2.75, 3.05) is 0 Å². The molecule has 0 saturated carbocycles. The highest BCUT2D eigenvalue weighted by atomic mass is 79.9. The summed E-state index contributed by atoms with van der Waals surface area (Å²) >= 11 is 9.30. The van der Waals surface area contributed by atoms with Crippen LogP contribution in [0.1, 0.15) is 32.6 Å². The van der Waals surface area contributed by atoms with E-state index in [0.717, 1.165) is 21.2 Å². The molecule has 1 nitrogen and oxygen atoms in total. The van der Waals surface area contributed by atoms with Crippen LogP contribution in [-0.2, 0) is 0 Å². The van der Waals surface area contributed by atoms with Gasteiger partial charge in [-0.1, -0.05) is 17.7 Å². The van der Waals surface area contributed by atoms with Crippen LogP contribution in [0.5, 0.6) is 0 Å². The molecule has 0 N–H and O–H groups in total. The fourth-order valence-corrected chi connectivity index (χ4v) is 2.89. The maximum absolute atomic E-state index is 12.6. The Bertz CT molecular complexity index is 662. The summed E-state index contributed by atoms with van der Waals surface area (Å²) in [6, 6.07) is 9.23. The van der Waals surface area contributed by atoms with Crippen molar-refractivity contribution < 1.29 is 4.79 Å². The molecule has 2 aromatic rings. The van der Waals surface area contributed by atoms with Gasteiger partial charge in [-0.3, -0.25) is 4.79 Å². The zero-order valence-corrected chi connectivity index (χ0v) is 13.4. The molecule has 2 aromatic carbocycles. The molecule has 0 atom stereocenters. The predicted molar refractivity (Wildman–Crippen MR) is 83.2 cm³/mol. The first-order valence-corrected chi connectivity index (χ1v) is 7.15. The number of carbonyl (C=O) groups is 1. The highest BCUT2D eigenvalue weighted by Crippen LogP contribution is 2.26. The van der Waals surface area contributed by atoms with Crippen LogP contribution in [0.25, 0.3) is 0 Å². The highest BCUT2D eigenvalue weighted by Gasteiger charge is 2.15. The monoisotopic (exact) mass is 336 g/mol. The number of hydrogen-bond acceptors (Lipinski definition) is 1. The fourth-order valence-electron chi connectivity index (χ4n) is 2.02. The Morgan fingerprint density at radius 3 is 2.21 bits per heavy atom. The van der Waals surface area contributed by atoms with E-state index in [1.54, 1.807) is 18.2 Å². The molecule has 0 saturated heterocycles. The van der Waals surface area contributed by atoms with Gasteiger partial charge in [-0.05, 0) is 77.7 Å². The average molecular weight is 338 g/mol. The molecule has 0 aliphatic carbocycles. The lowest BCUT2D eigenvalue weighted by atomic mass is 9.95. The van der Waals surface area contributed by atoms with Gasteiger partial charge in [0.15, 0.2) is 5.78 Å². The van der Waals surface area contributed by atoms with E-state index in [9.17, 15) is 4.79 Å². The van der Waals surface area contributed by atoms with Gasteiger partial charge in [-0.15, -0.1) is 0 Å². The van der Waals surface area contributed by atoms with Crippen molar-refractivity contribution in [2.45, 2.75) is 20.8 Å². The minimum absolute atomic E-state index is 0.0177. The van der Waals surface area contributed by atoms with Crippen LogP contribution in [0.4, 0.5) is 0 Å². The van der Waals surface area contributed by atoms with E-state index < -0.39 is 0 Å². The molecule has 98 valence electrons. The fraction of sp³-hybridized carbons (Fsp3) is 0.188. The van der Waals surface area contributed by atoms with Gasteiger partial charge in [0.25, 0.3) is 0 Å². The summed E-state index contributed by atoms with van der Waals surface area (Å²) in [6.45, 7) is 6.03. The van der Waals surface area contributed by atoms with E-state index in [1.165, 1.54) is 5.56 Å². The smallest absolute Gasteiger partial charge is 0.194 e. The molecule has 0 aliphatic heterocycles. The van der Waals surface area contributed by atoms with Gasteiger partial charge in [0.2, 0.25) is 0 Å². The molecule has 0 bridgehead atoms. The van der Waals surface area contributed by atoms with Gasteiger partial charge in [-0.25, -0.2) is 0 Å². The lowest BCUT2D eigenvalue weighted by molar-refractivity contribution is 0.103.